The predicted octanol–water partition coefficient (Wildman–Crippen LogP) is 3.86. The highest BCUT2D eigenvalue weighted by Crippen LogP contribution is 2.45. The van der Waals surface area contributed by atoms with Gasteiger partial charge in [-0.15, -0.1) is 0 Å². The minimum absolute atomic E-state index is 0.643. The van der Waals surface area contributed by atoms with Crippen molar-refractivity contribution >= 4 is 0 Å². The summed E-state index contributed by atoms with van der Waals surface area (Å²) in [6.45, 7) is 9.56. The Labute approximate surface area is 71.4 Å². The third-order valence-corrected chi connectivity index (χ3v) is 3.23. The van der Waals surface area contributed by atoms with Crippen LogP contribution in [0.3, 0.4) is 0 Å². The van der Waals surface area contributed by atoms with Crippen molar-refractivity contribution in [2.24, 2.45) is 17.3 Å². The van der Waals surface area contributed by atoms with E-state index in [1.165, 1.54) is 25.7 Å². The van der Waals surface area contributed by atoms with Gasteiger partial charge >= 0.3 is 0 Å². The summed E-state index contributed by atoms with van der Waals surface area (Å²) in [6.07, 6.45) is 5.83. The minimum atomic E-state index is 0.643. The molecular formula is C11H22. The first-order valence-corrected chi connectivity index (χ1v) is 5.02. The number of hydrogen-bond donors (Lipinski definition) is 0. The molecule has 0 amide bonds. The van der Waals surface area contributed by atoms with Crippen molar-refractivity contribution in [3.8, 4) is 0 Å². The summed E-state index contributed by atoms with van der Waals surface area (Å²) >= 11 is 0. The Morgan fingerprint density at radius 2 is 2.00 bits per heavy atom. The van der Waals surface area contributed by atoms with Crippen molar-refractivity contribution in [1.29, 1.82) is 0 Å². The first kappa shape index (κ1) is 9.09. The molecule has 0 saturated heterocycles. The van der Waals surface area contributed by atoms with Crippen molar-refractivity contribution in [3.05, 3.63) is 0 Å². The van der Waals surface area contributed by atoms with E-state index in [4.69, 9.17) is 0 Å². The highest BCUT2D eigenvalue weighted by Gasteiger charge is 2.34. The molecule has 0 aliphatic heterocycles. The molecule has 1 atom stereocenters. The van der Waals surface area contributed by atoms with Crippen molar-refractivity contribution in [1.82, 2.24) is 0 Å². The Kier molecular flexibility index (Phi) is 2.61. The molecule has 1 unspecified atom stereocenters. The maximum Gasteiger partial charge on any atom is -0.0326 e. The molecule has 0 nitrogen and oxygen atoms in total. The topological polar surface area (TPSA) is 0 Å². The molecule has 1 aliphatic rings. The molecule has 1 saturated carbocycles. The lowest BCUT2D eigenvalue weighted by Crippen LogP contribution is -2.18. The molecule has 0 radical (unpaired) electrons. The van der Waals surface area contributed by atoms with Gasteiger partial charge in [0.15, 0.2) is 0 Å². The summed E-state index contributed by atoms with van der Waals surface area (Å²) in [5, 5.41) is 0. The second-order valence-corrected chi connectivity index (χ2v) is 5.21. The maximum atomic E-state index is 2.44. The highest BCUT2D eigenvalue weighted by molar-refractivity contribution is 4.85. The summed E-state index contributed by atoms with van der Waals surface area (Å²) in [7, 11) is 0. The molecule has 0 heteroatoms. The second kappa shape index (κ2) is 3.16. The Bertz CT molecular complexity index is 122. The third-order valence-electron chi connectivity index (χ3n) is 3.23. The van der Waals surface area contributed by atoms with Crippen LogP contribution in [0.25, 0.3) is 0 Å². The fraction of sp³-hybridized carbons (Fsp3) is 1.00. The molecule has 0 N–H and O–H groups in total. The highest BCUT2D eigenvalue weighted by atomic mass is 14.4. The molecule has 1 fully saturated rings. The standard InChI is InChI=1S/C11H22/c1-9(2)8-10-6-5-7-11(10,3)4/h9-10H,5-8H2,1-4H3. The lowest BCUT2D eigenvalue weighted by atomic mass is 9.78. The predicted molar refractivity (Wildman–Crippen MR) is 50.6 cm³/mol. The van der Waals surface area contributed by atoms with Gasteiger partial charge in [-0.25, -0.2) is 0 Å². The summed E-state index contributed by atoms with van der Waals surface area (Å²) in [4.78, 5) is 0. The molecule has 0 heterocycles. The number of rotatable bonds is 2. The average molecular weight is 154 g/mol. The molecule has 0 aromatic rings. The zero-order chi connectivity index (χ0) is 8.48. The van der Waals surface area contributed by atoms with E-state index in [1.807, 2.05) is 0 Å². The largest absolute Gasteiger partial charge is 0.0628 e. The molecule has 1 aliphatic carbocycles. The van der Waals surface area contributed by atoms with Crippen molar-refractivity contribution < 1.29 is 0 Å². The average Bonchev–Trinajstić information content (AvgIpc) is 2.10. The van der Waals surface area contributed by atoms with E-state index in [-0.39, 0.29) is 0 Å². The fourth-order valence-corrected chi connectivity index (χ4v) is 2.40. The fourth-order valence-electron chi connectivity index (χ4n) is 2.40. The van der Waals surface area contributed by atoms with E-state index in [9.17, 15) is 0 Å². The van der Waals surface area contributed by atoms with Gasteiger partial charge in [0, 0.05) is 0 Å². The SMILES string of the molecule is CC(C)CC1CCCC1(C)C. The molecule has 1 rings (SSSR count). The summed E-state index contributed by atoms with van der Waals surface area (Å²) in [5.41, 5.74) is 0.643. The van der Waals surface area contributed by atoms with Gasteiger partial charge in [-0.1, -0.05) is 34.1 Å². The molecule has 0 aromatic heterocycles. The van der Waals surface area contributed by atoms with Crippen LogP contribution >= 0.6 is 0 Å². The quantitative estimate of drug-likeness (QED) is 0.566. The van der Waals surface area contributed by atoms with Crippen LogP contribution in [0.2, 0.25) is 0 Å². The molecular weight excluding hydrogens is 132 g/mol. The first-order chi connectivity index (χ1) is 5.02. The van der Waals surface area contributed by atoms with E-state index in [0.29, 0.717) is 5.41 Å². The molecule has 0 bridgehead atoms. The van der Waals surface area contributed by atoms with E-state index in [0.717, 1.165) is 11.8 Å². The van der Waals surface area contributed by atoms with Crippen LogP contribution < -0.4 is 0 Å². The van der Waals surface area contributed by atoms with Gasteiger partial charge in [0.2, 0.25) is 0 Å². The van der Waals surface area contributed by atoms with Gasteiger partial charge in [-0.05, 0) is 36.5 Å². The van der Waals surface area contributed by atoms with Crippen LogP contribution in [0.1, 0.15) is 53.4 Å². The summed E-state index contributed by atoms with van der Waals surface area (Å²) in [5.74, 6) is 1.89. The van der Waals surface area contributed by atoms with E-state index in [1.54, 1.807) is 0 Å². The normalized spacial score (nSPS) is 29.7. The Morgan fingerprint density at radius 1 is 1.36 bits per heavy atom. The van der Waals surface area contributed by atoms with Crippen LogP contribution in [0, 0.1) is 17.3 Å². The van der Waals surface area contributed by atoms with E-state index >= 15 is 0 Å². The second-order valence-electron chi connectivity index (χ2n) is 5.21. The maximum absolute atomic E-state index is 2.44. The van der Waals surface area contributed by atoms with Gasteiger partial charge in [0.1, 0.15) is 0 Å². The van der Waals surface area contributed by atoms with Gasteiger partial charge in [0.25, 0.3) is 0 Å². The first-order valence-electron chi connectivity index (χ1n) is 5.02. The summed E-state index contributed by atoms with van der Waals surface area (Å²) < 4.78 is 0. The van der Waals surface area contributed by atoms with Crippen LogP contribution in [0.5, 0.6) is 0 Å². The monoisotopic (exact) mass is 154 g/mol. The van der Waals surface area contributed by atoms with Crippen molar-refractivity contribution in [2.45, 2.75) is 53.4 Å². The molecule has 0 aromatic carbocycles. The van der Waals surface area contributed by atoms with E-state index < -0.39 is 0 Å². The van der Waals surface area contributed by atoms with Gasteiger partial charge in [0.05, 0.1) is 0 Å². The zero-order valence-corrected chi connectivity index (χ0v) is 8.48. The summed E-state index contributed by atoms with van der Waals surface area (Å²) in [6, 6.07) is 0. The van der Waals surface area contributed by atoms with Crippen LogP contribution in [-0.2, 0) is 0 Å². The van der Waals surface area contributed by atoms with Gasteiger partial charge in [-0.3, -0.25) is 0 Å². The van der Waals surface area contributed by atoms with E-state index in [2.05, 4.69) is 27.7 Å². The van der Waals surface area contributed by atoms with Gasteiger partial charge in [-0.2, -0.15) is 0 Å². The van der Waals surface area contributed by atoms with Crippen molar-refractivity contribution in [2.75, 3.05) is 0 Å². The van der Waals surface area contributed by atoms with Crippen LogP contribution in [0.15, 0.2) is 0 Å². The Morgan fingerprint density at radius 3 is 2.36 bits per heavy atom. The Hall–Kier alpha value is 0. The molecule has 66 valence electrons. The lowest BCUT2D eigenvalue weighted by molar-refractivity contribution is 0.224. The smallest absolute Gasteiger partial charge is 0.0326 e. The van der Waals surface area contributed by atoms with Gasteiger partial charge < -0.3 is 0 Å². The van der Waals surface area contributed by atoms with Crippen LogP contribution in [-0.4, -0.2) is 0 Å². The lowest BCUT2D eigenvalue weighted by Gasteiger charge is -2.28. The van der Waals surface area contributed by atoms with Crippen LogP contribution in [0.4, 0.5) is 0 Å². The number of hydrogen-bond acceptors (Lipinski definition) is 0. The third kappa shape index (κ3) is 2.21. The molecule has 11 heavy (non-hydrogen) atoms. The molecule has 0 spiro atoms. The Balaban J connectivity index is 2.45. The zero-order valence-electron chi connectivity index (χ0n) is 8.48. The van der Waals surface area contributed by atoms with Crippen molar-refractivity contribution in [3.63, 3.8) is 0 Å². The minimum Gasteiger partial charge on any atom is -0.0628 e.